The zero-order chi connectivity index (χ0) is 35.8. The van der Waals surface area contributed by atoms with Gasteiger partial charge in [-0.05, 0) is 65.8 Å². The number of ether oxygens (including phenoxy) is 6. The summed E-state index contributed by atoms with van der Waals surface area (Å²) in [6, 6.07) is 14.6. The minimum absolute atomic E-state index is 0.0704. The van der Waals surface area contributed by atoms with Crippen molar-refractivity contribution in [3.8, 4) is 0 Å². The highest BCUT2D eigenvalue weighted by Crippen LogP contribution is 2.31. The third-order valence-corrected chi connectivity index (χ3v) is 7.96. The second kappa shape index (κ2) is 13.6. The van der Waals surface area contributed by atoms with Gasteiger partial charge in [-0.25, -0.2) is 19.2 Å². The van der Waals surface area contributed by atoms with Crippen molar-refractivity contribution in [2.24, 2.45) is 0 Å². The molecule has 2 aromatic carbocycles. The molecule has 0 unspecified atom stereocenters. The number of aromatic nitrogens is 2. The van der Waals surface area contributed by atoms with Gasteiger partial charge < -0.3 is 28.4 Å². The molecule has 2 aliphatic rings. The Morgan fingerprint density at radius 3 is 1.40 bits per heavy atom. The second-order valence-electron chi connectivity index (χ2n) is 14.1. The van der Waals surface area contributed by atoms with Gasteiger partial charge in [-0.15, -0.1) is 0 Å². The lowest BCUT2D eigenvalue weighted by molar-refractivity contribution is -0.149. The smallest absolute Gasteiger partial charge is 0.419 e. The molecule has 4 atom stereocenters. The number of benzene rings is 2. The Morgan fingerprint density at radius 2 is 1.02 bits per heavy atom. The molecule has 0 radical (unpaired) electrons. The summed E-state index contributed by atoms with van der Waals surface area (Å²) in [6.45, 7) is 10.9. The SMILES string of the molecule is CC(C)(C)OC(=O)n1cc(/C=C/C(=O)O[C@H]2CO[C@H]3[C@@H]2OC[C@H]3OC(=O)/C=C/c2cn(C(=O)OC(C)(C)C)c3ccccc23)c2ccccc21. The molecule has 0 spiro atoms. The average Bonchev–Trinajstić information content (AvgIpc) is 3.81. The van der Waals surface area contributed by atoms with Crippen LogP contribution in [-0.2, 0) is 38.0 Å². The van der Waals surface area contributed by atoms with Crippen LogP contribution in [0.25, 0.3) is 34.0 Å². The summed E-state index contributed by atoms with van der Waals surface area (Å²) in [7, 11) is 0. The first-order chi connectivity index (χ1) is 23.7. The molecule has 4 aromatic rings. The highest BCUT2D eigenvalue weighted by molar-refractivity contribution is 5.99. The molecule has 12 nitrogen and oxygen atoms in total. The van der Waals surface area contributed by atoms with Crippen LogP contribution in [-0.4, -0.2) is 82.1 Å². The fourth-order valence-electron chi connectivity index (χ4n) is 5.93. The fraction of sp³-hybridized carbons (Fsp3) is 0.368. The van der Waals surface area contributed by atoms with E-state index in [9.17, 15) is 19.2 Å². The van der Waals surface area contributed by atoms with Crippen molar-refractivity contribution in [3.05, 3.63) is 84.2 Å². The van der Waals surface area contributed by atoms with Crippen molar-refractivity contribution >= 4 is 58.1 Å². The van der Waals surface area contributed by atoms with E-state index in [-0.39, 0.29) is 13.2 Å². The third kappa shape index (κ3) is 7.66. The maximum Gasteiger partial charge on any atom is 0.419 e. The van der Waals surface area contributed by atoms with Crippen LogP contribution in [0.4, 0.5) is 9.59 Å². The van der Waals surface area contributed by atoms with Crippen molar-refractivity contribution in [1.29, 1.82) is 0 Å². The van der Waals surface area contributed by atoms with E-state index in [0.29, 0.717) is 22.2 Å². The van der Waals surface area contributed by atoms with E-state index in [1.807, 2.05) is 36.4 Å². The Hall–Kier alpha value is -5.20. The summed E-state index contributed by atoms with van der Waals surface area (Å²) in [4.78, 5) is 51.4. The van der Waals surface area contributed by atoms with Crippen LogP contribution in [0.2, 0.25) is 0 Å². The fourth-order valence-corrected chi connectivity index (χ4v) is 5.93. The molecule has 2 aliphatic heterocycles. The lowest BCUT2D eigenvalue weighted by Gasteiger charge is -2.19. The maximum atomic E-state index is 12.9. The quantitative estimate of drug-likeness (QED) is 0.126. The Labute approximate surface area is 289 Å². The summed E-state index contributed by atoms with van der Waals surface area (Å²) >= 11 is 0. The Kier molecular flexibility index (Phi) is 9.43. The number of carbonyl (C=O) groups is 4. The zero-order valence-corrected chi connectivity index (χ0v) is 28.8. The van der Waals surface area contributed by atoms with E-state index in [4.69, 9.17) is 28.4 Å². The molecule has 0 amide bonds. The molecule has 50 heavy (non-hydrogen) atoms. The van der Waals surface area contributed by atoms with E-state index < -0.39 is 59.7 Å². The van der Waals surface area contributed by atoms with E-state index in [1.54, 1.807) is 78.2 Å². The number of para-hydroxylation sites is 2. The second-order valence-corrected chi connectivity index (χ2v) is 14.1. The lowest BCUT2D eigenvalue weighted by atomic mass is 10.1. The van der Waals surface area contributed by atoms with Crippen molar-refractivity contribution < 1.29 is 47.6 Å². The summed E-state index contributed by atoms with van der Waals surface area (Å²) in [5, 5.41) is 1.52. The predicted octanol–water partition coefficient (Wildman–Crippen LogP) is 6.51. The van der Waals surface area contributed by atoms with Crippen molar-refractivity contribution in [2.45, 2.75) is 77.2 Å². The highest BCUT2D eigenvalue weighted by atomic mass is 16.7. The number of fused-ring (bicyclic) bond motifs is 3. The number of hydrogen-bond acceptors (Lipinski definition) is 10. The molecule has 0 aliphatic carbocycles. The monoisotopic (exact) mass is 684 g/mol. The molecular weight excluding hydrogens is 644 g/mol. The summed E-state index contributed by atoms with van der Waals surface area (Å²) in [5.74, 6) is -1.24. The van der Waals surface area contributed by atoms with Crippen LogP contribution in [0.5, 0.6) is 0 Å². The van der Waals surface area contributed by atoms with Crippen LogP contribution in [0.15, 0.2) is 73.1 Å². The zero-order valence-electron chi connectivity index (χ0n) is 28.8. The molecule has 2 aromatic heterocycles. The number of rotatable bonds is 6. The normalized spacial score (nSPS) is 20.8. The first-order valence-corrected chi connectivity index (χ1v) is 16.3. The highest BCUT2D eigenvalue weighted by Gasteiger charge is 2.51. The van der Waals surface area contributed by atoms with Gasteiger partial charge in [0, 0.05) is 46.4 Å². The first-order valence-electron chi connectivity index (χ1n) is 16.3. The lowest BCUT2D eigenvalue weighted by Crippen LogP contribution is -2.35. The maximum absolute atomic E-state index is 12.9. The van der Waals surface area contributed by atoms with E-state index in [2.05, 4.69) is 0 Å². The van der Waals surface area contributed by atoms with E-state index in [1.165, 1.54) is 21.3 Å². The van der Waals surface area contributed by atoms with Gasteiger partial charge >= 0.3 is 24.1 Å². The van der Waals surface area contributed by atoms with Gasteiger partial charge in [0.1, 0.15) is 23.4 Å². The van der Waals surface area contributed by atoms with Gasteiger partial charge in [0.05, 0.1) is 24.2 Å². The molecule has 0 saturated carbocycles. The molecule has 2 saturated heterocycles. The van der Waals surface area contributed by atoms with Crippen molar-refractivity contribution in [2.75, 3.05) is 13.2 Å². The molecule has 6 rings (SSSR count). The molecule has 262 valence electrons. The van der Waals surface area contributed by atoms with Gasteiger partial charge in [0.25, 0.3) is 0 Å². The van der Waals surface area contributed by atoms with Gasteiger partial charge in [-0.1, -0.05) is 36.4 Å². The van der Waals surface area contributed by atoms with Crippen LogP contribution in [0.3, 0.4) is 0 Å². The van der Waals surface area contributed by atoms with Crippen LogP contribution >= 0.6 is 0 Å². The Bertz CT molecular complexity index is 1860. The minimum Gasteiger partial charge on any atom is -0.454 e. The van der Waals surface area contributed by atoms with Crippen molar-refractivity contribution in [1.82, 2.24) is 9.13 Å². The third-order valence-electron chi connectivity index (χ3n) is 7.96. The van der Waals surface area contributed by atoms with Gasteiger partial charge in [0.2, 0.25) is 0 Å². The van der Waals surface area contributed by atoms with Crippen LogP contribution < -0.4 is 0 Å². The van der Waals surface area contributed by atoms with Gasteiger partial charge in [-0.3, -0.25) is 9.13 Å². The molecule has 4 heterocycles. The topological polar surface area (TPSA) is 134 Å². The average molecular weight is 685 g/mol. The Morgan fingerprint density at radius 1 is 0.640 bits per heavy atom. The van der Waals surface area contributed by atoms with Gasteiger partial charge in [-0.2, -0.15) is 0 Å². The largest absolute Gasteiger partial charge is 0.454 e. The van der Waals surface area contributed by atoms with E-state index in [0.717, 1.165) is 10.8 Å². The molecule has 12 heteroatoms. The Balaban J connectivity index is 1.06. The number of nitrogens with zero attached hydrogens (tertiary/aromatic N) is 2. The minimum atomic E-state index is -0.710. The molecular formula is C38H40N2O10. The summed E-state index contributed by atoms with van der Waals surface area (Å²) < 4.78 is 36.9. The summed E-state index contributed by atoms with van der Waals surface area (Å²) in [5.41, 5.74) is 1.21. The number of carbonyl (C=O) groups excluding carboxylic acids is 4. The van der Waals surface area contributed by atoms with E-state index >= 15 is 0 Å². The van der Waals surface area contributed by atoms with Gasteiger partial charge in [0.15, 0.2) is 12.2 Å². The molecule has 0 N–H and O–H groups in total. The molecule has 0 bridgehead atoms. The summed E-state index contributed by atoms with van der Waals surface area (Å²) in [6.07, 6.45) is 5.25. The predicted molar refractivity (Wildman–Crippen MR) is 184 cm³/mol. The first kappa shape index (κ1) is 34.7. The van der Waals surface area contributed by atoms with Crippen LogP contribution in [0, 0.1) is 0 Å². The number of esters is 2. The van der Waals surface area contributed by atoms with Crippen LogP contribution in [0.1, 0.15) is 52.7 Å². The molecule has 2 fully saturated rings. The number of hydrogen-bond donors (Lipinski definition) is 0. The van der Waals surface area contributed by atoms with Crippen molar-refractivity contribution in [3.63, 3.8) is 0 Å². The standard InChI is InChI=1S/C38H40N2O10/c1-37(2,3)49-35(43)39-19-23(25-11-7-9-13-27(25)39)15-17-31(41)47-29-21-45-34-30(22-46-33(29)34)48-32(42)18-16-24-20-40(36(44)50-38(4,5)6)28-14-10-8-12-26(24)28/h7-20,29-30,33-34H,21-22H2,1-6H3/b17-15+,18-16+/t29-,30+,33-,34-/m1/s1.